The summed E-state index contributed by atoms with van der Waals surface area (Å²) in [5.41, 5.74) is 0.847. The third-order valence-corrected chi connectivity index (χ3v) is 6.66. The van der Waals surface area contributed by atoms with Gasteiger partial charge in [0, 0.05) is 28.9 Å². The molecule has 0 aromatic carbocycles. The molecule has 3 aromatic rings. The van der Waals surface area contributed by atoms with Crippen molar-refractivity contribution in [2.45, 2.75) is 12.2 Å². The van der Waals surface area contributed by atoms with Crippen LogP contribution in [-0.4, -0.2) is 39.6 Å². The van der Waals surface area contributed by atoms with Crippen LogP contribution in [0.4, 0.5) is 0 Å². The van der Waals surface area contributed by atoms with Gasteiger partial charge in [-0.2, -0.15) is 0 Å². The van der Waals surface area contributed by atoms with Gasteiger partial charge in [0.1, 0.15) is 10.7 Å². The minimum atomic E-state index is -0.102. The Morgan fingerprint density at radius 2 is 2.25 bits per heavy atom. The van der Waals surface area contributed by atoms with Crippen molar-refractivity contribution < 1.29 is 4.79 Å². The van der Waals surface area contributed by atoms with Crippen molar-refractivity contribution in [3.63, 3.8) is 0 Å². The molecule has 1 aliphatic rings. The fourth-order valence-electron chi connectivity index (χ4n) is 2.57. The maximum Gasteiger partial charge on any atom is 0.260 e. The molecule has 0 unspecified atom stereocenters. The monoisotopic (exact) mass is 377 g/mol. The van der Waals surface area contributed by atoms with Gasteiger partial charge in [-0.3, -0.25) is 9.59 Å². The number of rotatable bonds is 5. The number of nitrogens with zero attached hydrogens (tertiary/aromatic N) is 2. The van der Waals surface area contributed by atoms with E-state index in [9.17, 15) is 9.59 Å². The number of likely N-dealkylation sites (tertiary alicyclic amines) is 1. The van der Waals surface area contributed by atoms with Gasteiger partial charge in [-0.1, -0.05) is 6.07 Å². The minimum Gasteiger partial charge on any atom is -0.342 e. The highest BCUT2D eigenvalue weighted by atomic mass is 32.2. The van der Waals surface area contributed by atoms with Crippen LogP contribution in [0.1, 0.15) is 12.2 Å². The number of hydrogen-bond donors (Lipinski definition) is 1. The van der Waals surface area contributed by atoms with E-state index in [1.165, 1.54) is 23.1 Å². The Kier molecular flexibility index (Phi) is 4.43. The normalized spacial score (nSPS) is 14.1. The Hall–Kier alpha value is -1.64. The van der Waals surface area contributed by atoms with Crippen LogP contribution in [0, 0.1) is 0 Å². The Morgan fingerprint density at radius 1 is 1.38 bits per heavy atom. The maximum atomic E-state index is 12.5. The first-order chi connectivity index (χ1) is 11.7. The molecule has 0 aliphatic carbocycles. The molecule has 5 nitrogen and oxygen atoms in total. The molecule has 0 spiro atoms. The van der Waals surface area contributed by atoms with Gasteiger partial charge in [-0.15, -0.1) is 34.4 Å². The first-order valence-corrected chi connectivity index (χ1v) is 10.5. The first kappa shape index (κ1) is 15.9. The van der Waals surface area contributed by atoms with Crippen molar-refractivity contribution in [2.75, 3.05) is 18.8 Å². The highest BCUT2D eigenvalue weighted by Gasteiger charge is 2.20. The van der Waals surface area contributed by atoms with E-state index in [-0.39, 0.29) is 11.5 Å². The van der Waals surface area contributed by atoms with E-state index in [1.54, 1.807) is 11.3 Å². The second-order valence-corrected chi connectivity index (χ2v) is 8.34. The quantitative estimate of drug-likeness (QED) is 0.742. The molecule has 3 aromatic heterocycles. The molecule has 1 aliphatic heterocycles. The molecule has 0 bridgehead atoms. The van der Waals surface area contributed by atoms with Crippen LogP contribution in [0.15, 0.2) is 27.7 Å². The van der Waals surface area contributed by atoms with Crippen LogP contribution in [0.3, 0.4) is 0 Å². The number of carbonyl (C=O) groups excluding carboxylic acids is 1. The number of amides is 1. The van der Waals surface area contributed by atoms with Crippen LogP contribution in [0.2, 0.25) is 0 Å². The summed E-state index contributed by atoms with van der Waals surface area (Å²) in [6, 6.07) is 3.99. The Balaban J connectivity index is 1.51. The summed E-state index contributed by atoms with van der Waals surface area (Å²) in [4.78, 5) is 35.4. The molecular formula is C16H15N3O2S3. The standard InChI is InChI=1S/C16H15N3O2S3/c20-13(19-4-2-5-19)9-22-8-12-17-15(21)14-10(7-24-16(14)18-12)11-3-1-6-23-11/h1,3,6-7H,2,4-5,8-9H2,(H,17,18,21). The van der Waals surface area contributed by atoms with Gasteiger partial charge in [0.25, 0.3) is 5.56 Å². The number of thiophene rings is 2. The molecule has 0 saturated carbocycles. The van der Waals surface area contributed by atoms with Crippen molar-refractivity contribution in [2.24, 2.45) is 0 Å². The molecule has 0 radical (unpaired) electrons. The fourth-order valence-corrected chi connectivity index (χ4v) is 5.14. The SMILES string of the molecule is O=C(CSCc1nc2scc(-c3cccs3)c2c(=O)[nH]1)N1CCC1. The molecule has 8 heteroatoms. The molecule has 1 N–H and O–H groups in total. The predicted octanol–water partition coefficient (Wildman–Crippen LogP) is 3.18. The zero-order chi connectivity index (χ0) is 16.5. The summed E-state index contributed by atoms with van der Waals surface area (Å²) in [5, 5.41) is 4.65. The smallest absolute Gasteiger partial charge is 0.260 e. The Labute approximate surface area is 150 Å². The number of aromatic amines is 1. The average molecular weight is 378 g/mol. The second-order valence-electron chi connectivity index (χ2n) is 5.55. The fraction of sp³-hybridized carbons (Fsp3) is 0.312. The molecule has 1 amide bonds. The van der Waals surface area contributed by atoms with Crippen LogP contribution in [0.25, 0.3) is 20.7 Å². The zero-order valence-electron chi connectivity index (χ0n) is 12.8. The van der Waals surface area contributed by atoms with Gasteiger partial charge in [-0.25, -0.2) is 4.98 Å². The number of hydrogen-bond acceptors (Lipinski definition) is 6. The molecule has 1 saturated heterocycles. The van der Waals surface area contributed by atoms with E-state index in [1.807, 2.05) is 27.8 Å². The third kappa shape index (κ3) is 3.01. The van der Waals surface area contributed by atoms with E-state index in [2.05, 4.69) is 9.97 Å². The van der Waals surface area contributed by atoms with Crippen LogP contribution >= 0.6 is 34.4 Å². The summed E-state index contributed by atoms with van der Waals surface area (Å²) < 4.78 is 0. The lowest BCUT2D eigenvalue weighted by atomic mass is 10.2. The minimum absolute atomic E-state index is 0.102. The molecule has 1 fully saturated rings. The van der Waals surface area contributed by atoms with Crippen LogP contribution in [-0.2, 0) is 10.5 Å². The predicted molar refractivity (Wildman–Crippen MR) is 101 cm³/mol. The van der Waals surface area contributed by atoms with Crippen molar-refractivity contribution in [1.82, 2.24) is 14.9 Å². The van der Waals surface area contributed by atoms with Crippen molar-refractivity contribution in [1.29, 1.82) is 0 Å². The van der Waals surface area contributed by atoms with Gasteiger partial charge in [0.15, 0.2) is 0 Å². The largest absolute Gasteiger partial charge is 0.342 e. The average Bonchev–Trinajstić information content (AvgIpc) is 3.13. The van der Waals surface area contributed by atoms with Gasteiger partial charge in [0.2, 0.25) is 5.91 Å². The van der Waals surface area contributed by atoms with E-state index in [4.69, 9.17) is 0 Å². The molecular weight excluding hydrogens is 362 g/mol. The summed E-state index contributed by atoms with van der Waals surface area (Å²) >= 11 is 4.60. The topological polar surface area (TPSA) is 66.1 Å². The molecule has 24 heavy (non-hydrogen) atoms. The maximum absolute atomic E-state index is 12.5. The lowest BCUT2D eigenvalue weighted by Crippen LogP contribution is -2.43. The number of H-pyrrole nitrogens is 1. The summed E-state index contributed by atoms with van der Waals surface area (Å²) in [7, 11) is 0. The summed E-state index contributed by atoms with van der Waals surface area (Å²) in [5.74, 6) is 1.78. The van der Waals surface area contributed by atoms with E-state index in [0.29, 0.717) is 22.7 Å². The van der Waals surface area contributed by atoms with Crippen LogP contribution in [0.5, 0.6) is 0 Å². The number of aromatic nitrogens is 2. The first-order valence-electron chi connectivity index (χ1n) is 7.62. The van der Waals surface area contributed by atoms with Gasteiger partial charge in [0.05, 0.1) is 16.9 Å². The van der Waals surface area contributed by atoms with E-state index < -0.39 is 0 Å². The van der Waals surface area contributed by atoms with Gasteiger partial charge in [-0.05, 0) is 17.9 Å². The number of thioether (sulfide) groups is 1. The lowest BCUT2D eigenvalue weighted by Gasteiger charge is -2.30. The second kappa shape index (κ2) is 6.70. The van der Waals surface area contributed by atoms with Crippen molar-refractivity contribution in [3.8, 4) is 10.4 Å². The Bertz CT molecular complexity index is 926. The number of fused-ring (bicyclic) bond motifs is 1. The van der Waals surface area contributed by atoms with E-state index >= 15 is 0 Å². The van der Waals surface area contributed by atoms with Crippen molar-refractivity contribution in [3.05, 3.63) is 39.1 Å². The Morgan fingerprint density at radius 3 is 2.96 bits per heavy atom. The number of carbonyl (C=O) groups is 1. The van der Waals surface area contributed by atoms with Crippen LogP contribution < -0.4 is 5.56 Å². The lowest BCUT2D eigenvalue weighted by molar-refractivity contribution is -0.131. The highest BCUT2D eigenvalue weighted by molar-refractivity contribution is 7.99. The van der Waals surface area contributed by atoms with E-state index in [0.717, 1.165) is 34.8 Å². The molecule has 124 valence electrons. The zero-order valence-corrected chi connectivity index (χ0v) is 15.2. The summed E-state index contributed by atoms with van der Waals surface area (Å²) in [6.07, 6.45) is 1.10. The number of nitrogens with one attached hydrogen (secondary N) is 1. The highest BCUT2D eigenvalue weighted by Crippen LogP contribution is 2.33. The molecule has 4 rings (SSSR count). The molecule has 4 heterocycles. The third-order valence-electron chi connectivity index (χ3n) is 3.95. The van der Waals surface area contributed by atoms with Crippen molar-refractivity contribution >= 4 is 50.6 Å². The molecule has 0 atom stereocenters. The van der Waals surface area contributed by atoms with Gasteiger partial charge >= 0.3 is 0 Å². The van der Waals surface area contributed by atoms with Gasteiger partial charge < -0.3 is 9.88 Å². The summed E-state index contributed by atoms with van der Waals surface area (Å²) in [6.45, 7) is 1.75.